The predicted molar refractivity (Wildman–Crippen MR) is 71.2 cm³/mol. The zero-order valence-corrected chi connectivity index (χ0v) is 10.1. The van der Waals surface area contributed by atoms with Gasteiger partial charge >= 0.3 is 6.03 Å². The molecule has 0 aliphatic rings. The van der Waals surface area contributed by atoms with Crippen molar-refractivity contribution in [3.8, 4) is 5.75 Å². The van der Waals surface area contributed by atoms with Gasteiger partial charge in [-0.1, -0.05) is 12.1 Å². The number of amides is 2. The molecule has 0 radical (unpaired) electrons. The largest absolute Gasteiger partial charge is 0.506 e. The molecule has 2 rings (SSSR count). The molecule has 0 atom stereocenters. The number of nitrogens with two attached hydrogens (primary N) is 1. The van der Waals surface area contributed by atoms with E-state index in [0.717, 1.165) is 6.21 Å². The summed E-state index contributed by atoms with van der Waals surface area (Å²) in [6.07, 6.45) is 1.06. The molecule has 0 spiro atoms. The number of benzene rings is 1. The Labute approximate surface area is 108 Å². The van der Waals surface area contributed by atoms with Gasteiger partial charge in [0.2, 0.25) is 0 Å². The lowest BCUT2D eigenvalue weighted by Crippen LogP contribution is -2.26. The lowest BCUT2D eigenvalue weighted by atomic mass is 10.1. The highest BCUT2D eigenvalue weighted by Gasteiger charge is 2.12. The third-order valence-corrected chi connectivity index (χ3v) is 2.68. The average Bonchev–Trinajstić information content (AvgIpc) is 2.40. The number of aromatic nitrogens is 1. The molecule has 1 aromatic carbocycles. The fourth-order valence-corrected chi connectivity index (χ4v) is 1.78. The van der Waals surface area contributed by atoms with Crippen LogP contribution in [0.1, 0.15) is 5.56 Å². The fourth-order valence-electron chi connectivity index (χ4n) is 1.78. The molecule has 4 N–H and O–H groups in total. The van der Waals surface area contributed by atoms with Crippen LogP contribution in [0.3, 0.4) is 0 Å². The first-order chi connectivity index (χ1) is 9.02. The van der Waals surface area contributed by atoms with Crippen LogP contribution in [0.5, 0.6) is 5.75 Å². The molecule has 98 valence electrons. The number of nitrogens with zero attached hydrogens (tertiary/aromatic N) is 2. The van der Waals surface area contributed by atoms with Gasteiger partial charge in [0.15, 0.2) is 0 Å². The van der Waals surface area contributed by atoms with E-state index in [9.17, 15) is 14.7 Å². The van der Waals surface area contributed by atoms with Crippen molar-refractivity contribution in [2.75, 3.05) is 0 Å². The number of hydrogen-bond acceptors (Lipinski definition) is 4. The van der Waals surface area contributed by atoms with Gasteiger partial charge in [0, 0.05) is 12.4 Å². The first-order valence-corrected chi connectivity index (χ1v) is 5.41. The Bertz CT molecular complexity index is 734. The van der Waals surface area contributed by atoms with Crippen LogP contribution in [-0.4, -0.2) is 21.9 Å². The number of hydrazone groups is 1. The second kappa shape index (κ2) is 4.81. The number of carbonyl (C=O) groups excluding carboxylic acids is 1. The zero-order valence-electron chi connectivity index (χ0n) is 10.1. The highest BCUT2D eigenvalue weighted by atomic mass is 16.3. The normalized spacial score (nSPS) is 11.0. The summed E-state index contributed by atoms with van der Waals surface area (Å²) in [4.78, 5) is 22.5. The van der Waals surface area contributed by atoms with Crippen LogP contribution < -0.4 is 16.7 Å². The minimum absolute atomic E-state index is 0.0186. The number of fused-ring (bicyclic) bond motifs is 1. The Hall–Kier alpha value is -2.83. The van der Waals surface area contributed by atoms with Crippen LogP contribution >= 0.6 is 0 Å². The summed E-state index contributed by atoms with van der Waals surface area (Å²) in [7, 11) is 1.59. The molecule has 0 aliphatic heterocycles. The number of aromatic hydroxyl groups is 1. The maximum Gasteiger partial charge on any atom is 0.332 e. The van der Waals surface area contributed by atoms with Crippen LogP contribution in [0.25, 0.3) is 10.9 Å². The summed E-state index contributed by atoms with van der Waals surface area (Å²) in [5.74, 6) is -0.186. The average molecular weight is 260 g/mol. The Morgan fingerprint density at radius 2 is 2.16 bits per heavy atom. The standard InChI is InChI=1S/C12H12N4O3/c1-16-9-5-3-2-4-7(9)10(17)8(11(16)18)6-14-15-12(13)19/h2-6,17H,1H3,(H3,13,15,19)/b14-6+. The molecule has 7 nitrogen and oxygen atoms in total. The number of pyridine rings is 1. The molecule has 7 heteroatoms. The Morgan fingerprint density at radius 1 is 1.47 bits per heavy atom. The number of aryl methyl sites for hydroxylation is 1. The lowest BCUT2D eigenvalue weighted by molar-refractivity contribution is 0.249. The number of hydrogen-bond donors (Lipinski definition) is 3. The van der Waals surface area contributed by atoms with E-state index in [1.807, 2.05) is 5.43 Å². The van der Waals surface area contributed by atoms with Gasteiger partial charge in [-0.15, -0.1) is 0 Å². The smallest absolute Gasteiger partial charge is 0.332 e. The lowest BCUT2D eigenvalue weighted by Gasteiger charge is -2.08. The molecule has 2 amide bonds. The van der Waals surface area contributed by atoms with Crippen molar-refractivity contribution in [3.63, 3.8) is 0 Å². The second-order valence-corrected chi connectivity index (χ2v) is 3.88. The van der Waals surface area contributed by atoms with E-state index in [4.69, 9.17) is 5.73 Å². The summed E-state index contributed by atoms with van der Waals surface area (Å²) in [5, 5.41) is 14.1. The molecule has 1 aromatic heterocycles. The SMILES string of the molecule is Cn1c(=O)c(/C=N/NC(N)=O)c(O)c2ccccc21. The molecular weight excluding hydrogens is 248 g/mol. The molecule has 0 unspecified atom stereocenters. The number of rotatable bonds is 2. The van der Waals surface area contributed by atoms with Crippen LogP contribution in [0.15, 0.2) is 34.2 Å². The highest BCUT2D eigenvalue weighted by Crippen LogP contribution is 2.24. The van der Waals surface area contributed by atoms with Gasteiger partial charge < -0.3 is 15.4 Å². The number of carbonyl (C=O) groups is 1. The van der Waals surface area contributed by atoms with Crippen LogP contribution in [0.2, 0.25) is 0 Å². The maximum absolute atomic E-state index is 12.0. The van der Waals surface area contributed by atoms with Gasteiger partial charge in [0.1, 0.15) is 11.3 Å². The molecule has 0 saturated heterocycles. The van der Waals surface area contributed by atoms with Crippen LogP contribution in [0, 0.1) is 0 Å². The van der Waals surface area contributed by atoms with Crippen molar-refractivity contribution >= 4 is 23.1 Å². The molecule has 0 bridgehead atoms. The minimum Gasteiger partial charge on any atom is -0.506 e. The van der Waals surface area contributed by atoms with Gasteiger partial charge in [-0.05, 0) is 12.1 Å². The first kappa shape index (κ1) is 12.6. The summed E-state index contributed by atoms with van der Waals surface area (Å²) in [6.45, 7) is 0. The van der Waals surface area contributed by atoms with Gasteiger partial charge in [-0.25, -0.2) is 10.2 Å². The van der Waals surface area contributed by atoms with Gasteiger partial charge in [0.25, 0.3) is 5.56 Å². The zero-order chi connectivity index (χ0) is 14.0. The topological polar surface area (TPSA) is 110 Å². The number of urea groups is 1. The highest BCUT2D eigenvalue weighted by molar-refractivity contribution is 5.95. The molecule has 0 fully saturated rings. The van der Waals surface area contributed by atoms with E-state index in [-0.39, 0.29) is 11.3 Å². The molecule has 0 aliphatic carbocycles. The van der Waals surface area contributed by atoms with Crippen molar-refractivity contribution in [1.82, 2.24) is 9.99 Å². The van der Waals surface area contributed by atoms with Crippen molar-refractivity contribution in [3.05, 3.63) is 40.2 Å². The van der Waals surface area contributed by atoms with E-state index in [2.05, 4.69) is 5.10 Å². The fraction of sp³-hybridized carbons (Fsp3) is 0.0833. The van der Waals surface area contributed by atoms with E-state index < -0.39 is 11.6 Å². The molecule has 2 aromatic rings. The number of nitrogens with one attached hydrogen (secondary N) is 1. The van der Waals surface area contributed by atoms with E-state index in [1.165, 1.54) is 4.57 Å². The van der Waals surface area contributed by atoms with Crippen molar-refractivity contribution in [1.29, 1.82) is 0 Å². The summed E-state index contributed by atoms with van der Waals surface area (Å²) >= 11 is 0. The van der Waals surface area contributed by atoms with Gasteiger partial charge in [0.05, 0.1) is 11.7 Å². The Morgan fingerprint density at radius 3 is 2.84 bits per heavy atom. The molecule has 19 heavy (non-hydrogen) atoms. The van der Waals surface area contributed by atoms with E-state index >= 15 is 0 Å². The van der Waals surface area contributed by atoms with Crippen molar-refractivity contribution in [2.45, 2.75) is 0 Å². The van der Waals surface area contributed by atoms with E-state index in [0.29, 0.717) is 10.9 Å². The molecular formula is C12H12N4O3. The predicted octanol–water partition coefficient (Wildman–Crippen LogP) is 0.246. The Balaban J connectivity index is 2.65. The van der Waals surface area contributed by atoms with Crippen molar-refractivity contribution < 1.29 is 9.90 Å². The molecule has 1 heterocycles. The number of primary amides is 1. The van der Waals surface area contributed by atoms with Crippen LogP contribution in [-0.2, 0) is 7.05 Å². The summed E-state index contributed by atoms with van der Waals surface area (Å²) in [6, 6.07) is 6.06. The Kier molecular flexibility index (Phi) is 3.19. The third-order valence-electron chi connectivity index (χ3n) is 2.68. The molecule has 0 saturated carbocycles. The third kappa shape index (κ3) is 2.25. The summed E-state index contributed by atoms with van der Waals surface area (Å²) < 4.78 is 1.39. The number of para-hydroxylation sites is 1. The maximum atomic E-state index is 12.0. The minimum atomic E-state index is -0.853. The monoisotopic (exact) mass is 260 g/mol. The van der Waals surface area contributed by atoms with Crippen molar-refractivity contribution in [2.24, 2.45) is 17.9 Å². The second-order valence-electron chi connectivity index (χ2n) is 3.88. The van der Waals surface area contributed by atoms with E-state index in [1.54, 1.807) is 31.3 Å². The first-order valence-electron chi connectivity index (χ1n) is 5.41. The van der Waals surface area contributed by atoms with Crippen LogP contribution in [0.4, 0.5) is 4.79 Å². The van der Waals surface area contributed by atoms with Gasteiger partial charge in [-0.2, -0.15) is 5.10 Å². The summed E-state index contributed by atoms with van der Waals surface area (Å²) in [5.41, 5.74) is 6.97. The quantitative estimate of drug-likeness (QED) is 0.531. The van der Waals surface area contributed by atoms with Gasteiger partial charge in [-0.3, -0.25) is 4.79 Å².